The van der Waals surface area contributed by atoms with Gasteiger partial charge in [-0.3, -0.25) is 20.4 Å². The van der Waals surface area contributed by atoms with Crippen LogP contribution in [0.3, 0.4) is 0 Å². The van der Waals surface area contributed by atoms with Crippen LogP contribution in [0.4, 0.5) is 4.39 Å². The average Bonchev–Trinajstić information content (AvgIpc) is 3.00. The molecule has 0 spiro atoms. The van der Waals surface area contributed by atoms with Crippen molar-refractivity contribution in [2.75, 3.05) is 5.75 Å². The SMILES string of the molecule is CC(C)n1cnnc1SCC(=O)NNC(=O)c1ccc(F)cc1. The molecule has 0 bridgehead atoms. The molecule has 23 heavy (non-hydrogen) atoms. The lowest BCUT2D eigenvalue weighted by molar-refractivity contribution is -0.119. The lowest BCUT2D eigenvalue weighted by Crippen LogP contribution is -2.42. The summed E-state index contributed by atoms with van der Waals surface area (Å²) in [5.74, 6) is -1.26. The van der Waals surface area contributed by atoms with Gasteiger partial charge >= 0.3 is 0 Å². The molecule has 1 aromatic heterocycles. The normalized spacial score (nSPS) is 10.6. The van der Waals surface area contributed by atoms with E-state index in [-0.39, 0.29) is 23.3 Å². The number of nitrogens with one attached hydrogen (secondary N) is 2. The first-order chi connectivity index (χ1) is 11.0. The monoisotopic (exact) mass is 337 g/mol. The second-order valence-electron chi connectivity index (χ2n) is 4.91. The highest BCUT2D eigenvalue weighted by Gasteiger charge is 2.11. The molecule has 0 radical (unpaired) electrons. The Morgan fingerprint density at radius 3 is 2.61 bits per heavy atom. The minimum absolute atomic E-state index is 0.0785. The van der Waals surface area contributed by atoms with Gasteiger partial charge in [-0.1, -0.05) is 11.8 Å². The van der Waals surface area contributed by atoms with Gasteiger partial charge in [0, 0.05) is 11.6 Å². The minimum Gasteiger partial charge on any atom is -0.306 e. The summed E-state index contributed by atoms with van der Waals surface area (Å²) in [5, 5.41) is 8.36. The lowest BCUT2D eigenvalue weighted by Gasteiger charge is -2.10. The summed E-state index contributed by atoms with van der Waals surface area (Å²) in [7, 11) is 0. The van der Waals surface area contributed by atoms with Gasteiger partial charge in [-0.05, 0) is 38.1 Å². The van der Waals surface area contributed by atoms with Crippen molar-refractivity contribution in [1.82, 2.24) is 25.6 Å². The minimum atomic E-state index is -0.520. The molecule has 0 saturated carbocycles. The highest BCUT2D eigenvalue weighted by Crippen LogP contribution is 2.18. The number of amides is 2. The van der Waals surface area contributed by atoms with Gasteiger partial charge < -0.3 is 4.57 Å². The largest absolute Gasteiger partial charge is 0.306 e. The first-order valence-corrected chi connectivity index (χ1v) is 7.83. The van der Waals surface area contributed by atoms with Crippen LogP contribution in [0.2, 0.25) is 0 Å². The Labute approximate surface area is 136 Å². The molecule has 0 atom stereocenters. The number of hydrazine groups is 1. The molecular weight excluding hydrogens is 321 g/mol. The van der Waals surface area contributed by atoms with Crippen LogP contribution in [0, 0.1) is 5.82 Å². The maximum absolute atomic E-state index is 12.8. The van der Waals surface area contributed by atoms with Crippen LogP contribution in [-0.2, 0) is 4.79 Å². The van der Waals surface area contributed by atoms with E-state index in [1.165, 1.54) is 36.0 Å². The summed E-state index contributed by atoms with van der Waals surface area (Å²) in [6.45, 7) is 3.97. The molecule has 9 heteroatoms. The highest BCUT2D eigenvalue weighted by molar-refractivity contribution is 7.99. The highest BCUT2D eigenvalue weighted by atomic mass is 32.2. The first-order valence-electron chi connectivity index (χ1n) is 6.84. The molecule has 2 rings (SSSR count). The third-order valence-electron chi connectivity index (χ3n) is 2.85. The molecular formula is C14H16FN5O2S. The third-order valence-corrected chi connectivity index (χ3v) is 3.81. The molecule has 0 unspecified atom stereocenters. The zero-order valence-corrected chi connectivity index (χ0v) is 13.4. The number of nitrogens with zero attached hydrogens (tertiary/aromatic N) is 3. The van der Waals surface area contributed by atoms with Crippen LogP contribution >= 0.6 is 11.8 Å². The molecule has 0 aliphatic rings. The molecule has 0 aliphatic heterocycles. The second kappa shape index (κ2) is 7.73. The lowest BCUT2D eigenvalue weighted by atomic mass is 10.2. The van der Waals surface area contributed by atoms with Crippen LogP contribution in [-0.4, -0.2) is 32.3 Å². The van der Waals surface area contributed by atoms with Crippen molar-refractivity contribution in [3.63, 3.8) is 0 Å². The zero-order valence-electron chi connectivity index (χ0n) is 12.6. The van der Waals surface area contributed by atoms with Gasteiger partial charge in [-0.25, -0.2) is 4.39 Å². The fraction of sp³-hybridized carbons (Fsp3) is 0.286. The molecule has 2 amide bonds. The topological polar surface area (TPSA) is 88.9 Å². The molecule has 0 saturated heterocycles. The maximum atomic E-state index is 12.8. The molecule has 0 aliphatic carbocycles. The van der Waals surface area contributed by atoms with Crippen LogP contribution < -0.4 is 10.9 Å². The van der Waals surface area contributed by atoms with E-state index in [0.29, 0.717) is 5.16 Å². The predicted molar refractivity (Wildman–Crippen MR) is 83.1 cm³/mol. The molecule has 122 valence electrons. The molecule has 1 heterocycles. The Balaban J connectivity index is 1.80. The van der Waals surface area contributed by atoms with Crippen molar-refractivity contribution in [1.29, 1.82) is 0 Å². The quantitative estimate of drug-likeness (QED) is 0.638. The number of benzene rings is 1. The molecule has 7 nitrogen and oxygen atoms in total. The van der Waals surface area contributed by atoms with E-state index >= 15 is 0 Å². The number of rotatable bonds is 5. The van der Waals surface area contributed by atoms with Gasteiger partial charge in [-0.15, -0.1) is 10.2 Å². The van der Waals surface area contributed by atoms with Crippen molar-refractivity contribution in [2.45, 2.75) is 25.0 Å². The van der Waals surface area contributed by atoms with Crippen LogP contribution in [0.5, 0.6) is 0 Å². The van der Waals surface area contributed by atoms with E-state index in [1.807, 2.05) is 18.4 Å². The summed E-state index contributed by atoms with van der Waals surface area (Å²) in [5.41, 5.74) is 4.81. The van der Waals surface area contributed by atoms with Crippen LogP contribution in [0.15, 0.2) is 35.7 Å². The van der Waals surface area contributed by atoms with Gasteiger partial charge in [0.2, 0.25) is 5.91 Å². The Hall–Kier alpha value is -2.42. The van der Waals surface area contributed by atoms with Crippen molar-refractivity contribution < 1.29 is 14.0 Å². The van der Waals surface area contributed by atoms with E-state index < -0.39 is 11.7 Å². The summed E-state index contributed by atoms with van der Waals surface area (Å²) in [4.78, 5) is 23.5. The summed E-state index contributed by atoms with van der Waals surface area (Å²) < 4.78 is 14.6. The number of carbonyl (C=O) groups is 2. The standard InChI is InChI=1S/C14H16FN5O2S/c1-9(2)20-8-16-19-14(20)23-7-12(21)17-18-13(22)10-3-5-11(15)6-4-10/h3-6,8-9H,7H2,1-2H3,(H,17,21)(H,18,22). The van der Waals surface area contributed by atoms with Gasteiger partial charge in [0.05, 0.1) is 5.75 Å². The van der Waals surface area contributed by atoms with Gasteiger partial charge in [-0.2, -0.15) is 0 Å². The fourth-order valence-corrected chi connectivity index (χ4v) is 2.50. The van der Waals surface area contributed by atoms with Crippen molar-refractivity contribution in [2.24, 2.45) is 0 Å². The van der Waals surface area contributed by atoms with E-state index in [1.54, 1.807) is 6.33 Å². The van der Waals surface area contributed by atoms with E-state index in [9.17, 15) is 14.0 Å². The summed E-state index contributed by atoms with van der Waals surface area (Å²) in [6.07, 6.45) is 1.60. The number of carbonyl (C=O) groups excluding carboxylic acids is 2. The van der Waals surface area contributed by atoms with Crippen molar-refractivity contribution >= 4 is 23.6 Å². The fourth-order valence-electron chi connectivity index (χ4n) is 1.66. The first kappa shape index (κ1) is 16.9. The molecule has 2 N–H and O–H groups in total. The average molecular weight is 337 g/mol. The number of hydrogen-bond acceptors (Lipinski definition) is 5. The number of thioether (sulfide) groups is 1. The van der Waals surface area contributed by atoms with Crippen molar-refractivity contribution in [3.8, 4) is 0 Å². The van der Waals surface area contributed by atoms with Gasteiger partial charge in [0.1, 0.15) is 12.1 Å². The van der Waals surface area contributed by atoms with Crippen LogP contribution in [0.1, 0.15) is 30.2 Å². The van der Waals surface area contributed by atoms with Gasteiger partial charge in [0.15, 0.2) is 5.16 Å². The van der Waals surface area contributed by atoms with E-state index in [2.05, 4.69) is 21.0 Å². The van der Waals surface area contributed by atoms with Crippen molar-refractivity contribution in [3.05, 3.63) is 42.0 Å². The zero-order chi connectivity index (χ0) is 16.8. The Bertz CT molecular complexity index is 687. The smallest absolute Gasteiger partial charge is 0.269 e. The summed E-state index contributed by atoms with van der Waals surface area (Å²) >= 11 is 1.22. The Morgan fingerprint density at radius 2 is 1.96 bits per heavy atom. The van der Waals surface area contributed by atoms with Crippen LogP contribution in [0.25, 0.3) is 0 Å². The molecule has 2 aromatic rings. The third kappa shape index (κ3) is 4.78. The number of aromatic nitrogens is 3. The number of hydrogen-bond donors (Lipinski definition) is 2. The maximum Gasteiger partial charge on any atom is 0.269 e. The molecule has 1 aromatic carbocycles. The summed E-state index contributed by atoms with van der Waals surface area (Å²) in [6, 6.07) is 5.19. The van der Waals surface area contributed by atoms with E-state index in [4.69, 9.17) is 0 Å². The second-order valence-corrected chi connectivity index (χ2v) is 5.85. The Morgan fingerprint density at radius 1 is 1.26 bits per heavy atom. The predicted octanol–water partition coefficient (Wildman–Crippen LogP) is 1.55. The van der Waals surface area contributed by atoms with E-state index in [0.717, 1.165) is 0 Å². The number of halogens is 1. The Kier molecular flexibility index (Phi) is 5.69. The molecule has 0 fully saturated rings. The van der Waals surface area contributed by atoms with Gasteiger partial charge in [0.25, 0.3) is 5.91 Å².